The minimum Gasteiger partial charge on any atom is -0.353 e. The summed E-state index contributed by atoms with van der Waals surface area (Å²) in [5, 5.41) is 4.51. The molecule has 3 aromatic rings. The zero-order valence-electron chi connectivity index (χ0n) is 15.9. The molecule has 144 valence electrons. The summed E-state index contributed by atoms with van der Waals surface area (Å²) in [6, 6.07) is 7.13. The van der Waals surface area contributed by atoms with Crippen LogP contribution in [-0.2, 0) is 6.54 Å². The molecule has 1 saturated heterocycles. The summed E-state index contributed by atoms with van der Waals surface area (Å²) in [6.45, 7) is 6.94. The highest BCUT2D eigenvalue weighted by molar-refractivity contribution is 5.56. The van der Waals surface area contributed by atoms with Gasteiger partial charge < -0.3 is 4.90 Å². The van der Waals surface area contributed by atoms with Crippen molar-refractivity contribution >= 4 is 5.82 Å². The predicted molar refractivity (Wildman–Crippen MR) is 107 cm³/mol. The molecule has 0 bridgehead atoms. The first kappa shape index (κ1) is 18.2. The summed E-state index contributed by atoms with van der Waals surface area (Å²) < 4.78 is 1.54. The van der Waals surface area contributed by atoms with Crippen LogP contribution < -0.4 is 10.5 Å². The molecule has 0 amide bonds. The molecule has 0 radical (unpaired) electrons. The van der Waals surface area contributed by atoms with Crippen LogP contribution in [0.2, 0.25) is 0 Å². The molecule has 8 heteroatoms. The third kappa shape index (κ3) is 4.23. The van der Waals surface area contributed by atoms with Gasteiger partial charge in [0.15, 0.2) is 0 Å². The molecular formula is C20H23N7O. The van der Waals surface area contributed by atoms with Crippen molar-refractivity contribution in [3.8, 4) is 11.3 Å². The van der Waals surface area contributed by atoms with Crippen molar-refractivity contribution in [3.05, 3.63) is 65.1 Å². The summed E-state index contributed by atoms with van der Waals surface area (Å²) in [5.41, 5.74) is 2.51. The Morgan fingerprint density at radius 3 is 2.54 bits per heavy atom. The normalized spacial score (nSPS) is 15.0. The van der Waals surface area contributed by atoms with Gasteiger partial charge in [0.1, 0.15) is 5.82 Å². The Morgan fingerprint density at radius 1 is 0.964 bits per heavy atom. The van der Waals surface area contributed by atoms with Crippen molar-refractivity contribution in [2.75, 3.05) is 37.6 Å². The first-order valence-electron chi connectivity index (χ1n) is 9.43. The van der Waals surface area contributed by atoms with Crippen molar-refractivity contribution in [2.45, 2.75) is 13.5 Å². The lowest BCUT2D eigenvalue weighted by Gasteiger charge is -2.35. The third-order valence-corrected chi connectivity index (χ3v) is 4.92. The van der Waals surface area contributed by atoms with Gasteiger partial charge in [-0.25, -0.2) is 9.67 Å². The fraction of sp³-hybridized carbons (Fsp3) is 0.350. The van der Waals surface area contributed by atoms with Gasteiger partial charge in [-0.2, -0.15) is 5.10 Å². The van der Waals surface area contributed by atoms with Crippen LogP contribution in [0, 0.1) is 6.92 Å². The summed E-state index contributed by atoms with van der Waals surface area (Å²) in [7, 11) is 0. The van der Waals surface area contributed by atoms with Crippen LogP contribution in [0.5, 0.6) is 0 Å². The number of nitrogens with zero attached hydrogens (tertiary/aromatic N) is 7. The van der Waals surface area contributed by atoms with Crippen LogP contribution in [-0.4, -0.2) is 62.4 Å². The standard InChI is InChI=1S/C20H23N7O/c1-16-13-23-19(15-22-16)26-10-7-25(8-11-26)9-12-27-20(28)5-4-18(24-27)17-3-2-6-21-14-17/h2-6,13-15H,7-12H2,1H3. The van der Waals surface area contributed by atoms with Gasteiger partial charge in [0.2, 0.25) is 0 Å². The molecular weight excluding hydrogens is 354 g/mol. The van der Waals surface area contributed by atoms with Crippen LogP contribution in [0.3, 0.4) is 0 Å². The average molecular weight is 377 g/mol. The topological polar surface area (TPSA) is 80.0 Å². The Bertz CT molecular complexity index is 964. The minimum absolute atomic E-state index is 0.0822. The van der Waals surface area contributed by atoms with Crippen LogP contribution in [0.15, 0.2) is 53.8 Å². The monoisotopic (exact) mass is 377 g/mol. The Hall–Kier alpha value is -3.13. The molecule has 4 rings (SSSR count). The van der Waals surface area contributed by atoms with Gasteiger partial charge in [0.05, 0.1) is 30.3 Å². The third-order valence-electron chi connectivity index (χ3n) is 4.92. The van der Waals surface area contributed by atoms with E-state index in [1.54, 1.807) is 35.4 Å². The molecule has 28 heavy (non-hydrogen) atoms. The van der Waals surface area contributed by atoms with E-state index in [9.17, 15) is 4.79 Å². The van der Waals surface area contributed by atoms with Gasteiger partial charge >= 0.3 is 0 Å². The number of hydrogen-bond donors (Lipinski definition) is 0. The fourth-order valence-electron chi connectivity index (χ4n) is 3.26. The van der Waals surface area contributed by atoms with E-state index in [0.717, 1.165) is 55.5 Å². The molecule has 0 saturated carbocycles. The lowest BCUT2D eigenvalue weighted by atomic mass is 10.2. The molecule has 0 N–H and O–H groups in total. The van der Waals surface area contributed by atoms with Crippen molar-refractivity contribution in [1.82, 2.24) is 29.6 Å². The highest BCUT2D eigenvalue weighted by Gasteiger charge is 2.18. The maximum Gasteiger partial charge on any atom is 0.266 e. The van der Waals surface area contributed by atoms with Crippen LogP contribution in [0.1, 0.15) is 5.69 Å². The predicted octanol–water partition coefficient (Wildman–Crippen LogP) is 1.23. The number of anilines is 1. The smallest absolute Gasteiger partial charge is 0.266 e. The number of hydrogen-bond acceptors (Lipinski definition) is 7. The van der Waals surface area contributed by atoms with E-state index in [2.05, 4.69) is 29.9 Å². The number of aromatic nitrogens is 5. The SMILES string of the molecule is Cc1cnc(N2CCN(CCn3nc(-c4cccnc4)ccc3=O)CC2)cn1. The molecule has 0 aliphatic carbocycles. The summed E-state index contributed by atoms with van der Waals surface area (Å²) in [5.74, 6) is 0.923. The Labute approximate surface area is 163 Å². The maximum absolute atomic E-state index is 12.2. The minimum atomic E-state index is -0.0822. The molecule has 3 aromatic heterocycles. The molecule has 1 aliphatic heterocycles. The number of pyridine rings is 1. The van der Waals surface area contributed by atoms with Crippen molar-refractivity contribution < 1.29 is 0 Å². The highest BCUT2D eigenvalue weighted by atomic mass is 16.1. The first-order valence-corrected chi connectivity index (χ1v) is 9.43. The van der Waals surface area contributed by atoms with Crippen molar-refractivity contribution in [1.29, 1.82) is 0 Å². The van der Waals surface area contributed by atoms with Crippen LogP contribution >= 0.6 is 0 Å². The fourth-order valence-corrected chi connectivity index (χ4v) is 3.26. The van der Waals surface area contributed by atoms with E-state index < -0.39 is 0 Å². The summed E-state index contributed by atoms with van der Waals surface area (Å²) in [4.78, 5) is 29.7. The molecule has 0 spiro atoms. The molecule has 0 unspecified atom stereocenters. The average Bonchev–Trinajstić information content (AvgIpc) is 2.75. The van der Waals surface area contributed by atoms with Gasteiger partial charge in [-0.15, -0.1) is 0 Å². The van der Waals surface area contributed by atoms with Gasteiger partial charge in [-0.1, -0.05) is 0 Å². The molecule has 4 heterocycles. The van der Waals surface area contributed by atoms with E-state index in [-0.39, 0.29) is 5.56 Å². The van der Waals surface area contributed by atoms with Crippen molar-refractivity contribution in [2.24, 2.45) is 0 Å². The molecule has 0 atom stereocenters. The quantitative estimate of drug-likeness (QED) is 0.661. The van der Waals surface area contributed by atoms with E-state index >= 15 is 0 Å². The number of rotatable bonds is 5. The Kier molecular flexibility index (Phi) is 5.38. The number of aryl methyl sites for hydroxylation is 1. The zero-order chi connectivity index (χ0) is 19.3. The van der Waals surface area contributed by atoms with E-state index in [1.165, 1.54) is 0 Å². The van der Waals surface area contributed by atoms with Crippen LogP contribution in [0.4, 0.5) is 5.82 Å². The highest BCUT2D eigenvalue weighted by Crippen LogP contribution is 2.14. The molecule has 1 aliphatic rings. The van der Waals surface area contributed by atoms with E-state index in [4.69, 9.17) is 0 Å². The zero-order valence-corrected chi connectivity index (χ0v) is 15.9. The summed E-state index contributed by atoms with van der Waals surface area (Å²) in [6.07, 6.45) is 7.11. The second kappa shape index (κ2) is 8.26. The molecule has 1 fully saturated rings. The summed E-state index contributed by atoms with van der Waals surface area (Å²) >= 11 is 0. The molecule has 0 aromatic carbocycles. The van der Waals surface area contributed by atoms with Gasteiger partial charge in [-0.05, 0) is 25.1 Å². The van der Waals surface area contributed by atoms with Gasteiger partial charge in [0.25, 0.3) is 5.56 Å². The van der Waals surface area contributed by atoms with Crippen molar-refractivity contribution in [3.63, 3.8) is 0 Å². The lowest BCUT2D eigenvalue weighted by molar-refractivity contribution is 0.242. The largest absolute Gasteiger partial charge is 0.353 e. The van der Waals surface area contributed by atoms with Crippen LogP contribution in [0.25, 0.3) is 11.3 Å². The molecule has 8 nitrogen and oxygen atoms in total. The van der Waals surface area contributed by atoms with Gasteiger partial charge in [-0.3, -0.25) is 19.7 Å². The van der Waals surface area contributed by atoms with E-state index in [0.29, 0.717) is 6.54 Å². The first-order chi connectivity index (χ1) is 13.7. The van der Waals surface area contributed by atoms with E-state index in [1.807, 2.05) is 25.3 Å². The Balaban J connectivity index is 1.35. The van der Waals surface area contributed by atoms with Gasteiger partial charge in [0, 0.05) is 56.7 Å². The second-order valence-corrected chi connectivity index (χ2v) is 6.87. The Morgan fingerprint density at radius 2 is 1.82 bits per heavy atom. The lowest BCUT2D eigenvalue weighted by Crippen LogP contribution is -2.48. The second-order valence-electron chi connectivity index (χ2n) is 6.87. The number of piperazine rings is 1. The maximum atomic E-state index is 12.2.